The molecule has 2 N–H and O–H groups in total. The molecule has 104 valence electrons. The summed E-state index contributed by atoms with van der Waals surface area (Å²) in [5.41, 5.74) is 2.60. The van der Waals surface area contributed by atoms with Crippen LogP contribution < -0.4 is 15.4 Å². The van der Waals surface area contributed by atoms with Crippen LogP contribution in [0.2, 0.25) is 0 Å². The van der Waals surface area contributed by atoms with Crippen molar-refractivity contribution in [3.63, 3.8) is 0 Å². The van der Waals surface area contributed by atoms with Crippen molar-refractivity contribution in [2.75, 3.05) is 25.0 Å². The fraction of sp³-hybridized carbons (Fsp3) is 0.625. The Morgan fingerprint density at radius 2 is 2.26 bits per heavy atom. The molecule has 2 aliphatic heterocycles. The molecule has 0 radical (unpaired) electrons. The molecule has 1 aromatic rings. The van der Waals surface area contributed by atoms with Gasteiger partial charge in [0.2, 0.25) is 0 Å². The molecule has 3 rings (SSSR count). The maximum absolute atomic E-state index is 5.95. The predicted molar refractivity (Wildman–Crippen MR) is 78.9 cm³/mol. The lowest BCUT2D eigenvalue weighted by Gasteiger charge is -2.28. The van der Waals surface area contributed by atoms with Gasteiger partial charge in [0.15, 0.2) is 0 Å². The summed E-state index contributed by atoms with van der Waals surface area (Å²) in [6.07, 6.45) is 5.23. The van der Waals surface area contributed by atoms with Crippen molar-refractivity contribution in [2.24, 2.45) is 5.92 Å². The van der Waals surface area contributed by atoms with E-state index in [1.165, 1.54) is 43.6 Å². The lowest BCUT2D eigenvalue weighted by Crippen LogP contribution is -2.31. The number of piperidine rings is 1. The highest BCUT2D eigenvalue weighted by atomic mass is 16.5. The number of ether oxygens (including phenoxy) is 1. The Hall–Kier alpha value is -1.22. The summed E-state index contributed by atoms with van der Waals surface area (Å²) >= 11 is 0. The van der Waals surface area contributed by atoms with Crippen LogP contribution in [0.1, 0.15) is 31.7 Å². The van der Waals surface area contributed by atoms with E-state index in [1.54, 1.807) is 0 Å². The third-order valence-electron chi connectivity index (χ3n) is 4.24. The van der Waals surface area contributed by atoms with Gasteiger partial charge >= 0.3 is 0 Å². The molecule has 3 heteroatoms. The molecule has 0 amide bonds. The topological polar surface area (TPSA) is 33.3 Å². The molecule has 0 aromatic heterocycles. The smallest absolute Gasteiger partial charge is 0.142 e. The molecule has 0 spiro atoms. The van der Waals surface area contributed by atoms with E-state index in [9.17, 15) is 0 Å². The molecule has 1 saturated heterocycles. The fourth-order valence-corrected chi connectivity index (χ4v) is 3.05. The van der Waals surface area contributed by atoms with E-state index in [1.807, 2.05) is 0 Å². The van der Waals surface area contributed by atoms with Crippen LogP contribution in [0.4, 0.5) is 5.69 Å². The summed E-state index contributed by atoms with van der Waals surface area (Å²) in [5.74, 6) is 1.81. The van der Waals surface area contributed by atoms with Gasteiger partial charge < -0.3 is 15.4 Å². The Labute approximate surface area is 115 Å². The number of benzene rings is 1. The first-order chi connectivity index (χ1) is 9.35. The summed E-state index contributed by atoms with van der Waals surface area (Å²) in [6.45, 7) is 5.45. The van der Waals surface area contributed by atoms with Gasteiger partial charge in [0.05, 0.1) is 12.2 Å². The van der Waals surface area contributed by atoms with E-state index in [4.69, 9.17) is 4.74 Å². The van der Waals surface area contributed by atoms with Gasteiger partial charge in [-0.05, 0) is 62.4 Å². The van der Waals surface area contributed by atoms with Crippen molar-refractivity contribution >= 4 is 5.69 Å². The summed E-state index contributed by atoms with van der Waals surface area (Å²) in [4.78, 5) is 0. The Morgan fingerprint density at radius 1 is 1.32 bits per heavy atom. The first-order valence-electron chi connectivity index (χ1n) is 7.59. The van der Waals surface area contributed by atoms with Gasteiger partial charge in [0, 0.05) is 0 Å². The summed E-state index contributed by atoms with van der Waals surface area (Å²) < 4.78 is 5.95. The van der Waals surface area contributed by atoms with Gasteiger partial charge in [-0.1, -0.05) is 13.0 Å². The second-order valence-corrected chi connectivity index (χ2v) is 5.78. The fourth-order valence-electron chi connectivity index (χ4n) is 3.05. The van der Waals surface area contributed by atoms with Crippen LogP contribution >= 0.6 is 0 Å². The minimum atomic E-state index is 0.320. The monoisotopic (exact) mass is 260 g/mol. The van der Waals surface area contributed by atoms with Crippen molar-refractivity contribution in [2.45, 2.75) is 38.7 Å². The molecular formula is C16H24N2O. The summed E-state index contributed by atoms with van der Waals surface area (Å²) in [7, 11) is 0. The van der Waals surface area contributed by atoms with Gasteiger partial charge in [-0.25, -0.2) is 0 Å². The van der Waals surface area contributed by atoms with Crippen LogP contribution in [0.15, 0.2) is 18.2 Å². The molecule has 2 atom stereocenters. The maximum atomic E-state index is 5.95. The van der Waals surface area contributed by atoms with E-state index in [0.717, 1.165) is 24.6 Å². The maximum Gasteiger partial charge on any atom is 0.142 e. The minimum absolute atomic E-state index is 0.320. The molecule has 2 aliphatic rings. The zero-order valence-electron chi connectivity index (χ0n) is 11.7. The van der Waals surface area contributed by atoms with Crippen molar-refractivity contribution < 1.29 is 4.74 Å². The molecule has 1 aromatic carbocycles. The van der Waals surface area contributed by atoms with Crippen LogP contribution in [0.3, 0.4) is 0 Å². The van der Waals surface area contributed by atoms with E-state index in [-0.39, 0.29) is 0 Å². The van der Waals surface area contributed by atoms with Gasteiger partial charge in [-0.3, -0.25) is 0 Å². The van der Waals surface area contributed by atoms with Crippen LogP contribution in [-0.4, -0.2) is 25.7 Å². The Balaban J connectivity index is 1.67. The van der Waals surface area contributed by atoms with Gasteiger partial charge in [0.25, 0.3) is 0 Å². The average Bonchev–Trinajstić information content (AvgIpc) is 2.48. The molecule has 19 heavy (non-hydrogen) atoms. The largest absolute Gasteiger partial charge is 0.486 e. The van der Waals surface area contributed by atoms with Crippen LogP contribution in [0.25, 0.3) is 0 Å². The zero-order chi connectivity index (χ0) is 13.1. The van der Waals surface area contributed by atoms with E-state index >= 15 is 0 Å². The summed E-state index contributed by atoms with van der Waals surface area (Å²) in [6, 6.07) is 6.64. The normalized spacial score (nSPS) is 26.2. The van der Waals surface area contributed by atoms with Crippen LogP contribution in [0.5, 0.6) is 5.75 Å². The molecule has 2 unspecified atom stereocenters. The molecule has 0 bridgehead atoms. The highest BCUT2D eigenvalue weighted by Gasteiger charge is 2.19. The zero-order valence-corrected chi connectivity index (χ0v) is 11.7. The summed E-state index contributed by atoms with van der Waals surface area (Å²) in [5, 5.41) is 6.99. The number of fused-ring (bicyclic) bond motifs is 1. The number of hydrogen-bond acceptors (Lipinski definition) is 3. The SMILES string of the molecule is CCC1CNc2cc(CC3CCCNC3)ccc2O1. The lowest BCUT2D eigenvalue weighted by atomic mass is 9.92. The average molecular weight is 260 g/mol. The molecule has 0 saturated carbocycles. The van der Waals surface area contributed by atoms with Gasteiger partial charge in [-0.2, -0.15) is 0 Å². The van der Waals surface area contributed by atoms with Crippen LogP contribution in [0, 0.1) is 5.92 Å². The Kier molecular flexibility index (Phi) is 3.92. The van der Waals surface area contributed by atoms with Crippen molar-refractivity contribution in [1.29, 1.82) is 0 Å². The van der Waals surface area contributed by atoms with Gasteiger partial charge in [-0.15, -0.1) is 0 Å². The predicted octanol–water partition coefficient (Wildman–Crippen LogP) is 2.81. The Bertz CT molecular complexity index is 427. The molecule has 2 heterocycles. The molecule has 3 nitrogen and oxygen atoms in total. The number of rotatable bonds is 3. The minimum Gasteiger partial charge on any atom is -0.486 e. The first kappa shape index (κ1) is 12.8. The highest BCUT2D eigenvalue weighted by molar-refractivity contribution is 5.59. The van der Waals surface area contributed by atoms with E-state index in [2.05, 4.69) is 35.8 Å². The van der Waals surface area contributed by atoms with Crippen molar-refractivity contribution in [1.82, 2.24) is 5.32 Å². The van der Waals surface area contributed by atoms with Crippen molar-refractivity contribution in [3.8, 4) is 5.75 Å². The van der Waals surface area contributed by atoms with E-state index < -0.39 is 0 Å². The third kappa shape index (κ3) is 3.03. The highest BCUT2D eigenvalue weighted by Crippen LogP contribution is 2.31. The Morgan fingerprint density at radius 3 is 3.05 bits per heavy atom. The third-order valence-corrected chi connectivity index (χ3v) is 4.24. The second kappa shape index (κ2) is 5.83. The lowest BCUT2D eigenvalue weighted by molar-refractivity contribution is 0.201. The molecule has 0 aliphatic carbocycles. The molecule has 1 fully saturated rings. The standard InChI is InChI=1S/C16H24N2O/c1-2-14-11-18-15-9-12(5-6-16(15)19-14)8-13-4-3-7-17-10-13/h5-6,9,13-14,17-18H,2-4,7-8,10-11H2,1H3. The molecular weight excluding hydrogens is 236 g/mol. The van der Waals surface area contributed by atoms with Gasteiger partial charge in [0.1, 0.15) is 11.9 Å². The number of hydrogen-bond donors (Lipinski definition) is 2. The van der Waals surface area contributed by atoms with Crippen LogP contribution in [-0.2, 0) is 6.42 Å². The second-order valence-electron chi connectivity index (χ2n) is 5.78. The number of anilines is 1. The quantitative estimate of drug-likeness (QED) is 0.877. The first-order valence-corrected chi connectivity index (χ1v) is 7.59. The van der Waals surface area contributed by atoms with Crippen molar-refractivity contribution in [3.05, 3.63) is 23.8 Å². The number of nitrogens with one attached hydrogen (secondary N) is 2. The van der Waals surface area contributed by atoms with E-state index in [0.29, 0.717) is 6.10 Å².